The van der Waals surface area contributed by atoms with Crippen molar-refractivity contribution >= 4 is 11.8 Å². The van der Waals surface area contributed by atoms with E-state index in [0.29, 0.717) is 19.1 Å². The van der Waals surface area contributed by atoms with Crippen molar-refractivity contribution in [2.24, 2.45) is 5.92 Å². The molecule has 0 unspecified atom stereocenters. The second-order valence-electron chi connectivity index (χ2n) is 7.86. The standard InChI is InChI=1S/C20H24N2O4/c23-18(21-11-13-7-3-1-4-8-13)20-16(26-20)15-12-25-17(22(15)19(20)24)14-9-5-2-6-10-14/h2,5-6,9-10,13,15-17H,1,3-4,7-8,11-12H2,(H,21,23)/t15-,16-,17-,20+/m1/s1. The van der Waals surface area contributed by atoms with E-state index < -0.39 is 11.8 Å². The Kier molecular flexibility index (Phi) is 3.79. The van der Waals surface area contributed by atoms with Crippen LogP contribution in [0.3, 0.4) is 0 Å². The van der Waals surface area contributed by atoms with E-state index in [-0.39, 0.29) is 24.0 Å². The first kappa shape index (κ1) is 16.3. The third kappa shape index (κ3) is 2.32. The quantitative estimate of drug-likeness (QED) is 0.659. The summed E-state index contributed by atoms with van der Waals surface area (Å²) in [6, 6.07) is 9.50. The van der Waals surface area contributed by atoms with Crippen LogP contribution < -0.4 is 5.32 Å². The minimum atomic E-state index is -1.31. The first-order valence-corrected chi connectivity index (χ1v) is 9.67. The molecule has 5 rings (SSSR count). The number of hydrogen-bond acceptors (Lipinski definition) is 4. The molecule has 0 radical (unpaired) electrons. The lowest BCUT2D eigenvalue weighted by Gasteiger charge is -2.26. The summed E-state index contributed by atoms with van der Waals surface area (Å²) in [5.74, 6) is 0.0114. The summed E-state index contributed by atoms with van der Waals surface area (Å²) in [5.41, 5.74) is -0.377. The Hall–Kier alpha value is -1.92. The molecular formula is C20H24N2O4. The highest BCUT2D eigenvalue weighted by Gasteiger charge is 2.80. The second-order valence-corrected chi connectivity index (χ2v) is 7.86. The van der Waals surface area contributed by atoms with E-state index in [9.17, 15) is 9.59 Å². The van der Waals surface area contributed by atoms with Crippen LogP contribution in [0.5, 0.6) is 0 Å². The molecule has 3 aliphatic heterocycles. The Labute approximate surface area is 152 Å². The molecule has 4 aliphatic rings. The fraction of sp³-hybridized carbons (Fsp3) is 0.600. The molecule has 1 saturated carbocycles. The van der Waals surface area contributed by atoms with Crippen LogP contribution >= 0.6 is 0 Å². The van der Waals surface area contributed by atoms with Crippen molar-refractivity contribution in [3.8, 4) is 0 Å². The lowest BCUT2D eigenvalue weighted by Crippen LogP contribution is -2.48. The second kappa shape index (κ2) is 6.06. The Morgan fingerprint density at radius 3 is 2.73 bits per heavy atom. The summed E-state index contributed by atoms with van der Waals surface area (Å²) in [6.45, 7) is 1.06. The number of carbonyl (C=O) groups excluding carboxylic acids is 2. The monoisotopic (exact) mass is 356 g/mol. The van der Waals surface area contributed by atoms with E-state index in [4.69, 9.17) is 9.47 Å². The normalized spacial score (nSPS) is 35.9. The Morgan fingerprint density at radius 1 is 1.19 bits per heavy atom. The fourth-order valence-corrected chi connectivity index (χ4v) is 4.81. The topological polar surface area (TPSA) is 71.2 Å². The fourth-order valence-electron chi connectivity index (χ4n) is 4.81. The molecule has 0 bridgehead atoms. The van der Waals surface area contributed by atoms with Crippen LogP contribution in [0.2, 0.25) is 0 Å². The Morgan fingerprint density at radius 2 is 1.96 bits per heavy atom. The summed E-state index contributed by atoms with van der Waals surface area (Å²) in [5, 5.41) is 3.00. The maximum atomic E-state index is 13.1. The van der Waals surface area contributed by atoms with Gasteiger partial charge in [0.05, 0.1) is 12.6 Å². The third-order valence-corrected chi connectivity index (χ3v) is 6.29. The molecule has 1 aromatic rings. The van der Waals surface area contributed by atoms with Gasteiger partial charge in [-0.05, 0) is 18.8 Å². The van der Waals surface area contributed by atoms with Gasteiger partial charge < -0.3 is 19.7 Å². The van der Waals surface area contributed by atoms with Crippen LogP contribution in [0.25, 0.3) is 0 Å². The zero-order valence-corrected chi connectivity index (χ0v) is 14.7. The van der Waals surface area contributed by atoms with Gasteiger partial charge in [0, 0.05) is 12.1 Å². The van der Waals surface area contributed by atoms with Gasteiger partial charge in [0.25, 0.3) is 17.4 Å². The summed E-state index contributed by atoms with van der Waals surface area (Å²) < 4.78 is 11.5. The zero-order valence-electron chi connectivity index (χ0n) is 14.7. The number of benzene rings is 1. The first-order valence-electron chi connectivity index (χ1n) is 9.67. The number of epoxide rings is 1. The summed E-state index contributed by atoms with van der Waals surface area (Å²) in [7, 11) is 0. The number of rotatable bonds is 4. The highest BCUT2D eigenvalue weighted by atomic mass is 16.6. The van der Waals surface area contributed by atoms with E-state index in [0.717, 1.165) is 18.4 Å². The highest BCUT2D eigenvalue weighted by Crippen LogP contribution is 2.54. The predicted octanol–water partition coefficient (Wildman–Crippen LogP) is 1.76. The van der Waals surface area contributed by atoms with Gasteiger partial charge in [-0.15, -0.1) is 0 Å². The largest absolute Gasteiger partial charge is 0.353 e. The molecule has 0 spiro atoms. The van der Waals surface area contributed by atoms with E-state index in [1.165, 1.54) is 19.3 Å². The van der Waals surface area contributed by atoms with E-state index in [1.807, 2.05) is 30.3 Å². The van der Waals surface area contributed by atoms with Gasteiger partial charge in [0.1, 0.15) is 6.10 Å². The Balaban J connectivity index is 1.29. The van der Waals surface area contributed by atoms with Crippen molar-refractivity contribution in [3.05, 3.63) is 35.9 Å². The molecule has 6 nitrogen and oxygen atoms in total. The number of nitrogens with zero attached hydrogens (tertiary/aromatic N) is 1. The molecular weight excluding hydrogens is 332 g/mol. The van der Waals surface area contributed by atoms with E-state index in [1.54, 1.807) is 4.90 Å². The number of ether oxygens (including phenoxy) is 2. The summed E-state index contributed by atoms with van der Waals surface area (Å²) >= 11 is 0. The average molecular weight is 356 g/mol. The number of morpholine rings is 1. The number of fused-ring (bicyclic) bond motifs is 3. The van der Waals surface area contributed by atoms with E-state index >= 15 is 0 Å². The zero-order chi connectivity index (χ0) is 17.7. The smallest absolute Gasteiger partial charge is 0.270 e. The molecule has 0 aromatic heterocycles. The van der Waals surface area contributed by atoms with Crippen LogP contribution in [0.15, 0.2) is 30.3 Å². The summed E-state index contributed by atoms with van der Waals surface area (Å²) in [4.78, 5) is 27.6. The maximum Gasteiger partial charge on any atom is 0.270 e. The van der Waals surface area contributed by atoms with Gasteiger partial charge in [-0.2, -0.15) is 0 Å². The van der Waals surface area contributed by atoms with Crippen molar-refractivity contribution in [1.29, 1.82) is 0 Å². The molecule has 26 heavy (non-hydrogen) atoms. The lowest BCUT2D eigenvalue weighted by atomic mass is 9.89. The van der Waals surface area contributed by atoms with Crippen molar-refractivity contribution in [2.45, 2.75) is 56.1 Å². The average Bonchev–Trinajstić information content (AvgIpc) is 3.21. The molecule has 4 atom stereocenters. The number of hydrogen-bond donors (Lipinski definition) is 1. The van der Waals surface area contributed by atoms with Crippen molar-refractivity contribution in [1.82, 2.24) is 10.2 Å². The van der Waals surface area contributed by atoms with Gasteiger partial charge in [0.2, 0.25) is 0 Å². The van der Waals surface area contributed by atoms with Crippen LogP contribution in [-0.2, 0) is 19.1 Å². The molecule has 2 amide bonds. The van der Waals surface area contributed by atoms with Gasteiger partial charge in [-0.3, -0.25) is 9.59 Å². The van der Waals surface area contributed by atoms with Crippen molar-refractivity contribution in [3.63, 3.8) is 0 Å². The highest BCUT2D eigenvalue weighted by molar-refractivity contribution is 6.14. The minimum Gasteiger partial charge on any atom is -0.353 e. The van der Waals surface area contributed by atoms with Gasteiger partial charge in [-0.1, -0.05) is 49.6 Å². The Bertz CT molecular complexity index is 718. The molecule has 1 N–H and O–H groups in total. The molecule has 4 fully saturated rings. The number of carbonyl (C=O) groups is 2. The van der Waals surface area contributed by atoms with E-state index in [2.05, 4.69) is 5.32 Å². The van der Waals surface area contributed by atoms with Gasteiger partial charge >= 0.3 is 0 Å². The van der Waals surface area contributed by atoms with Crippen molar-refractivity contribution < 1.29 is 19.1 Å². The molecule has 3 saturated heterocycles. The van der Waals surface area contributed by atoms with Gasteiger partial charge in [-0.25, -0.2) is 0 Å². The maximum absolute atomic E-state index is 13.1. The molecule has 138 valence electrons. The molecule has 1 aromatic carbocycles. The van der Waals surface area contributed by atoms with Crippen LogP contribution in [0.4, 0.5) is 0 Å². The molecule has 6 heteroatoms. The van der Waals surface area contributed by atoms with Gasteiger partial charge in [0.15, 0.2) is 6.23 Å². The van der Waals surface area contributed by atoms with Crippen LogP contribution in [0, 0.1) is 5.92 Å². The summed E-state index contributed by atoms with van der Waals surface area (Å²) in [6.07, 6.45) is 5.26. The minimum absolute atomic E-state index is 0.173. The number of nitrogens with one attached hydrogen (secondary N) is 1. The van der Waals surface area contributed by atoms with Crippen LogP contribution in [0.1, 0.15) is 43.9 Å². The first-order chi connectivity index (χ1) is 12.7. The van der Waals surface area contributed by atoms with Crippen molar-refractivity contribution in [2.75, 3.05) is 13.2 Å². The molecule has 1 aliphatic carbocycles. The lowest BCUT2D eigenvalue weighted by molar-refractivity contribution is -0.148. The molecule has 3 heterocycles. The van der Waals surface area contributed by atoms with Crippen LogP contribution in [-0.4, -0.2) is 47.6 Å². The SMILES string of the molecule is O=C(NCC1CCCCC1)[C@@]12O[C@@H]1[C@H]1CO[C@H](c3ccccc3)N1C2=O. The number of amides is 2. The predicted molar refractivity (Wildman–Crippen MR) is 93.0 cm³/mol. The third-order valence-electron chi connectivity index (χ3n) is 6.29.